The molecule has 1 amide bonds. The van der Waals surface area contributed by atoms with Crippen LogP contribution in [-0.2, 0) is 0 Å². The number of anilines is 2. The number of carbonyl (C=O) groups excluding carboxylic acids is 1. The minimum Gasteiger partial charge on any atom is -0.367 e. The summed E-state index contributed by atoms with van der Waals surface area (Å²) in [7, 11) is 2.03. The molecule has 180 valence electrons. The molecule has 10 nitrogen and oxygen atoms in total. The molecule has 0 atom stereocenters. The van der Waals surface area contributed by atoms with Crippen molar-refractivity contribution in [3.05, 3.63) is 92.3 Å². The number of nitrogens with zero attached hydrogens (tertiary/aromatic N) is 4. The van der Waals surface area contributed by atoms with Gasteiger partial charge in [0.2, 0.25) is 5.82 Å². The SMILES string of the molecule is CN1CCN(c2ccc(-c3ccc([N+](=O)[O-])cc3)cc2NC(=O)c2ccc(F)c([N+](=O)[O-])c2)CC1. The molecule has 11 heteroatoms. The summed E-state index contributed by atoms with van der Waals surface area (Å²) >= 11 is 0. The number of benzene rings is 3. The zero-order valence-corrected chi connectivity index (χ0v) is 18.8. The highest BCUT2D eigenvalue weighted by molar-refractivity contribution is 6.06. The Morgan fingerprint density at radius 3 is 2.17 bits per heavy atom. The molecule has 0 aliphatic carbocycles. The lowest BCUT2D eigenvalue weighted by molar-refractivity contribution is -0.387. The number of nitro benzene ring substituents is 2. The van der Waals surface area contributed by atoms with E-state index in [9.17, 15) is 29.4 Å². The van der Waals surface area contributed by atoms with E-state index < -0.39 is 27.3 Å². The standard InChI is InChI=1S/C24H22FN5O5/c1-27-10-12-28(13-11-27)22-9-5-17(16-2-6-19(7-3-16)29(32)33)14-21(22)26-24(31)18-4-8-20(25)23(15-18)30(34)35/h2-9,14-15H,10-13H2,1H3,(H,26,31). The molecule has 1 heterocycles. The molecular weight excluding hydrogens is 457 g/mol. The van der Waals surface area contributed by atoms with Crippen LogP contribution in [0.5, 0.6) is 0 Å². The van der Waals surface area contributed by atoms with Gasteiger partial charge in [0.15, 0.2) is 0 Å². The van der Waals surface area contributed by atoms with Crippen LogP contribution < -0.4 is 10.2 Å². The van der Waals surface area contributed by atoms with Crippen LogP contribution in [0.2, 0.25) is 0 Å². The van der Waals surface area contributed by atoms with Gasteiger partial charge in [-0.15, -0.1) is 0 Å². The molecule has 0 aromatic heterocycles. The Morgan fingerprint density at radius 2 is 1.54 bits per heavy atom. The van der Waals surface area contributed by atoms with Gasteiger partial charge in [0, 0.05) is 49.9 Å². The van der Waals surface area contributed by atoms with Crippen molar-refractivity contribution in [1.82, 2.24) is 4.90 Å². The van der Waals surface area contributed by atoms with Gasteiger partial charge in [0.05, 0.1) is 21.2 Å². The van der Waals surface area contributed by atoms with Crippen molar-refractivity contribution in [2.24, 2.45) is 0 Å². The summed E-state index contributed by atoms with van der Waals surface area (Å²) in [5.74, 6) is -1.64. The minimum absolute atomic E-state index is 0.0331. The van der Waals surface area contributed by atoms with Crippen molar-refractivity contribution >= 4 is 28.7 Å². The van der Waals surface area contributed by atoms with Crippen LogP contribution >= 0.6 is 0 Å². The van der Waals surface area contributed by atoms with Gasteiger partial charge in [-0.3, -0.25) is 25.0 Å². The second-order valence-corrected chi connectivity index (χ2v) is 8.20. The molecule has 3 aromatic carbocycles. The molecule has 0 spiro atoms. The van der Waals surface area contributed by atoms with Crippen molar-refractivity contribution in [3.8, 4) is 11.1 Å². The van der Waals surface area contributed by atoms with Crippen molar-refractivity contribution < 1.29 is 19.0 Å². The van der Waals surface area contributed by atoms with E-state index in [0.717, 1.165) is 49.6 Å². The smallest absolute Gasteiger partial charge is 0.305 e. The molecule has 0 saturated carbocycles. The number of nitrogens with one attached hydrogen (secondary N) is 1. The highest BCUT2D eigenvalue weighted by Crippen LogP contribution is 2.33. The fourth-order valence-electron chi connectivity index (χ4n) is 3.90. The summed E-state index contributed by atoms with van der Waals surface area (Å²) < 4.78 is 13.7. The first kappa shape index (κ1) is 23.8. The number of amides is 1. The topological polar surface area (TPSA) is 122 Å². The maximum Gasteiger partial charge on any atom is 0.305 e. The van der Waals surface area contributed by atoms with Gasteiger partial charge in [-0.25, -0.2) is 0 Å². The monoisotopic (exact) mass is 479 g/mol. The second kappa shape index (κ2) is 9.85. The van der Waals surface area contributed by atoms with Crippen molar-refractivity contribution in [2.45, 2.75) is 0 Å². The number of likely N-dealkylation sites (N-methyl/N-ethyl adjacent to an activating group) is 1. The Bertz CT molecular complexity index is 1290. The molecule has 3 aromatic rings. The van der Waals surface area contributed by atoms with Crippen molar-refractivity contribution in [1.29, 1.82) is 0 Å². The summed E-state index contributed by atoms with van der Waals surface area (Å²) in [6.45, 7) is 3.14. The normalized spacial score (nSPS) is 13.9. The molecule has 1 aliphatic heterocycles. The largest absolute Gasteiger partial charge is 0.367 e. The van der Waals surface area contributed by atoms with Crippen LogP contribution in [-0.4, -0.2) is 53.9 Å². The van der Waals surface area contributed by atoms with Gasteiger partial charge in [0.1, 0.15) is 0 Å². The van der Waals surface area contributed by atoms with E-state index in [1.807, 2.05) is 19.2 Å². The molecule has 1 aliphatic rings. The van der Waals surface area contributed by atoms with Gasteiger partial charge in [-0.05, 0) is 54.6 Å². The number of piperazine rings is 1. The summed E-state index contributed by atoms with van der Waals surface area (Å²) in [6, 6.07) is 14.5. The molecule has 0 unspecified atom stereocenters. The Labute approximate surface area is 199 Å². The predicted octanol–water partition coefficient (Wildman–Crippen LogP) is 4.31. The average molecular weight is 479 g/mol. The van der Waals surface area contributed by atoms with E-state index >= 15 is 0 Å². The molecule has 1 N–H and O–H groups in total. The molecule has 1 saturated heterocycles. The number of halogens is 1. The van der Waals surface area contributed by atoms with Crippen LogP contribution in [0.4, 0.5) is 27.1 Å². The Morgan fingerprint density at radius 1 is 0.886 bits per heavy atom. The lowest BCUT2D eigenvalue weighted by atomic mass is 10.0. The number of non-ortho nitro benzene ring substituents is 1. The maximum atomic E-state index is 13.7. The van der Waals surface area contributed by atoms with Crippen LogP contribution in [0.1, 0.15) is 10.4 Å². The minimum atomic E-state index is -1.02. The molecule has 0 radical (unpaired) electrons. The molecule has 0 bridgehead atoms. The number of rotatable bonds is 6. The molecule has 4 rings (SSSR count). The van der Waals surface area contributed by atoms with E-state index in [1.54, 1.807) is 18.2 Å². The third-order valence-electron chi connectivity index (χ3n) is 5.91. The van der Waals surface area contributed by atoms with Gasteiger partial charge in [0.25, 0.3) is 11.6 Å². The second-order valence-electron chi connectivity index (χ2n) is 8.20. The molecular formula is C24H22FN5O5. The fourth-order valence-corrected chi connectivity index (χ4v) is 3.90. The zero-order chi connectivity index (χ0) is 25.1. The highest BCUT2D eigenvalue weighted by Gasteiger charge is 2.21. The van der Waals surface area contributed by atoms with E-state index in [4.69, 9.17) is 0 Å². The van der Waals surface area contributed by atoms with E-state index in [0.29, 0.717) is 11.3 Å². The lowest BCUT2D eigenvalue weighted by Gasteiger charge is -2.35. The van der Waals surface area contributed by atoms with Crippen LogP contribution in [0, 0.1) is 26.0 Å². The van der Waals surface area contributed by atoms with Crippen LogP contribution in [0.15, 0.2) is 60.7 Å². The number of nitro groups is 2. The molecule has 1 fully saturated rings. The number of hydrogen-bond donors (Lipinski definition) is 1. The van der Waals surface area contributed by atoms with Crippen LogP contribution in [0.3, 0.4) is 0 Å². The average Bonchev–Trinajstić information content (AvgIpc) is 2.84. The van der Waals surface area contributed by atoms with Gasteiger partial charge >= 0.3 is 5.69 Å². The third-order valence-corrected chi connectivity index (χ3v) is 5.91. The summed E-state index contributed by atoms with van der Waals surface area (Å²) in [6.07, 6.45) is 0. The van der Waals surface area contributed by atoms with E-state index in [2.05, 4.69) is 15.1 Å². The van der Waals surface area contributed by atoms with E-state index in [-0.39, 0.29) is 11.3 Å². The summed E-state index contributed by atoms with van der Waals surface area (Å²) in [5, 5.41) is 24.9. The van der Waals surface area contributed by atoms with Crippen molar-refractivity contribution in [2.75, 3.05) is 43.4 Å². The number of hydrogen-bond acceptors (Lipinski definition) is 7. The number of carbonyl (C=O) groups is 1. The zero-order valence-electron chi connectivity index (χ0n) is 18.8. The van der Waals surface area contributed by atoms with Crippen LogP contribution in [0.25, 0.3) is 11.1 Å². The Balaban J connectivity index is 1.70. The maximum absolute atomic E-state index is 13.7. The first-order valence-electron chi connectivity index (χ1n) is 10.8. The third kappa shape index (κ3) is 5.25. The first-order valence-corrected chi connectivity index (χ1v) is 10.8. The van der Waals surface area contributed by atoms with Gasteiger partial charge < -0.3 is 15.1 Å². The van der Waals surface area contributed by atoms with Gasteiger partial charge in [-0.1, -0.05) is 6.07 Å². The quantitative estimate of drug-likeness (QED) is 0.413. The predicted molar refractivity (Wildman–Crippen MR) is 129 cm³/mol. The summed E-state index contributed by atoms with van der Waals surface area (Å²) in [4.78, 5) is 38.0. The fraction of sp³-hybridized carbons (Fsp3) is 0.208. The highest BCUT2D eigenvalue weighted by atomic mass is 19.1. The summed E-state index contributed by atoms with van der Waals surface area (Å²) in [5.41, 5.74) is 1.82. The Kier molecular flexibility index (Phi) is 6.69. The van der Waals surface area contributed by atoms with E-state index in [1.165, 1.54) is 18.2 Å². The molecule has 35 heavy (non-hydrogen) atoms. The van der Waals surface area contributed by atoms with Crippen molar-refractivity contribution in [3.63, 3.8) is 0 Å². The Hall–Kier alpha value is -4.38. The lowest BCUT2D eigenvalue weighted by Crippen LogP contribution is -2.44. The first-order chi connectivity index (χ1) is 16.7. The van der Waals surface area contributed by atoms with Gasteiger partial charge in [-0.2, -0.15) is 4.39 Å².